The van der Waals surface area contributed by atoms with Crippen molar-refractivity contribution in [2.75, 3.05) is 0 Å². The molecule has 142 valence electrons. The molecule has 1 aromatic heterocycles. The van der Waals surface area contributed by atoms with E-state index in [-0.39, 0.29) is 5.69 Å². The maximum absolute atomic E-state index is 11.5. The van der Waals surface area contributed by atoms with Gasteiger partial charge in [0.2, 0.25) is 0 Å². The second kappa shape index (κ2) is 7.44. The van der Waals surface area contributed by atoms with Gasteiger partial charge in [0, 0.05) is 23.9 Å². The third kappa shape index (κ3) is 3.51. The summed E-state index contributed by atoms with van der Waals surface area (Å²) in [5, 5.41) is 21.6. The first kappa shape index (κ1) is 18.2. The number of fused-ring (bicyclic) bond motifs is 1. The van der Waals surface area contributed by atoms with Gasteiger partial charge in [-0.3, -0.25) is 10.1 Å². The zero-order valence-electron chi connectivity index (χ0n) is 15.2. The summed E-state index contributed by atoms with van der Waals surface area (Å²) in [4.78, 5) is 25.3. The van der Waals surface area contributed by atoms with Crippen LogP contribution in [0.5, 0.6) is 0 Å². The molecule has 0 saturated carbocycles. The Morgan fingerprint density at radius 1 is 0.966 bits per heavy atom. The van der Waals surface area contributed by atoms with E-state index in [1.807, 2.05) is 42.6 Å². The normalized spacial score (nSPS) is 11.2. The molecule has 0 aliphatic rings. The van der Waals surface area contributed by atoms with Crippen LogP contribution >= 0.6 is 0 Å². The molecule has 0 fully saturated rings. The number of carboxylic acid groups (broad SMARTS) is 1. The van der Waals surface area contributed by atoms with E-state index in [2.05, 4.69) is 4.98 Å². The van der Waals surface area contributed by atoms with E-state index in [1.165, 1.54) is 12.1 Å². The molecule has 4 rings (SSSR count). The maximum Gasteiger partial charge on any atom is 0.328 e. The fourth-order valence-electron chi connectivity index (χ4n) is 3.46. The third-order valence-corrected chi connectivity index (χ3v) is 4.75. The van der Waals surface area contributed by atoms with E-state index in [4.69, 9.17) is 5.11 Å². The van der Waals surface area contributed by atoms with E-state index < -0.39 is 10.9 Å². The van der Waals surface area contributed by atoms with Gasteiger partial charge in [-0.2, -0.15) is 0 Å². The number of aliphatic carboxylic acids is 1. The minimum absolute atomic E-state index is 0.0308. The predicted molar refractivity (Wildman–Crippen MR) is 112 cm³/mol. The molecular weight excluding hydrogens is 368 g/mol. The average molecular weight is 384 g/mol. The lowest BCUT2D eigenvalue weighted by Gasteiger charge is -2.11. The second-order valence-electron chi connectivity index (χ2n) is 6.50. The highest BCUT2D eigenvalue weighted by atomic mass is 16.6. The van der Waals surface area contributed by atoms with Crippen molar-refractivity contribution in [1.29, 1.82) is 0 Å². The summed E-state index contributed by atoms with van der Waals surface area (Å²) in [7, 11) is 0. The van der Waals surface area contributed by atoms with Crippen LogP contribution in [0, 0.1) is 10.1 Å². The Hall–Kier alpha value is -4.19. The van der Waals surface area contributed by atoms with Gasteiger partial charge in [0.25, 0.3) is 5.69 Å². The molecule has 1 heterocycles. The molecule has 29 heavy (non-hydrogen) atoms. The summed E-state index contributed by atoms with van der Waals surface area (Å²) < 4.78 is 0. The molecule has 0 bridgehead atoms. The molecule has 0 aliphatic carbocycles. The Labute approximate surface area is 165 Å². The number of hydrogen-bond acceptors (Lipinski definition) is 3. The van der Waals surface area contributed by atoms with E-state index in [1.54, 1.807) is 24.3 Å². The molecule has 0 radical (unpaired) electrons. The van der Waals surface area contributed by atoms with E-state index >= 15 is 0 Å². The lowest BCUT2D eigenvalue weighted by molar-refractivity contribution is -0.384. The van der Waals surface area contributed by atoms with Crippen LogP contribution in [0.1, 0.15) is 5.56 Å². The van der Waals surface area contributed by atoms with Crippen LogP contribution in [0.4, 0.5) is 5.69 Å². The summed E-state index contributed by atoms with van der Waals surface area (Å²) in [5.41, 5.74) is 4.40. The van der Waals surface area contributed by atoms with Crippen LogP contribution in [0.25, 0.3) is 39.2 Å². The molecule has 0 spiro atoms. The number of nitro benzene ring substituents is 1. The minimum atomic E-state index is -1.09. The molecule has 0 atom stereocenters. The quantitative estimate of drug-likeness (QED) is 0.269. The number of hydrogen-bond donors (Lipinski definition) is 2. The number of carboxylic acids is 1. The van der Waals surface area contributed by atoms with Crippen molar-refractivity contribution in [2.45, 2.75) is 0 Å². The molecule has 0 amide bonds. The Morgan fingerprint density at radius 3 is 2.55 bits per heavy atom. The number of benzene rings is 3. The van der Waals surface area contributed by atoms with Gasteiger partial charge in [-0.1, -0.05) is 42.5 Å². The first-order valence-electron chi connectivity index (χ1n) is 8.90. The zero-order chi connectivity index (χ0) is 20.4. The Bertz CT molecular complexity index is 1270. The summed E-state index contributed by atoms with van der Waals surface area (Å²) in [6.07, 6.45) is 4.36. The Morgan fingerprint density at radius 2 is 1.76 bits per heavy atom. The first-order valence-corrected chi connectivity index (χ1v) is 8.90. The number of aromatic nitrogens is 1. The maximum atomic E-state index is 11.5. The molecule has 4 aromatic rings. The summed E-state index contributed by atoms with van der Waals surface area (Å²) >= 11 is 0. The van der Waals surface area contributed by atoms with Crippen LogP contribution in [0.2, 0.25) is 0 Å². The highest BCUT2D eigenvalue weighted by molar-refractivity contribution is 5.96. The van der Waals surface area contributed by atoms with Gasteiger partial charge in [0.1, 0.15) is 0 Å². The Kier molecular flexibility index (Phi) is 4.66. The average Bonchev–Trinajstić information content (AvgIpc) is 3.21. The topological polar surface area (TPSA) is 96.2 Å². The second-order valence-corrected chi connectivity index (χ2v) is 6.50. The summed E-state index contributed by atoms with van der Waals surface area (Å²) in [5.74, 6) is -1.09. The molecule has 6 heteroatoms. The van der Waals surface area contributed by atoms with Gasteiger partial charge >= 0.3 is 5.97 Å². The lowest BCUT2D eigenvalue weighted by Crippen LogP contribution is -1.94. The summed E-state index contributed by atoms with van der Waals surface area (Å²) in [6.45, 7) is 0. The standard InChI is InChI=1S/C23H16N2O4/c26-22(27)11-9-16-14-17(19-6-3-4-15-12-13-24-23(15)19)8-10-18(16)20-5-1-2-7-21(20)25(28)29/h1-14,24H,(H,26,27)/b11-9+. The van der Waals surface area contributed by atoms with E-state index in [0.29, 0.717) is 16.7 Å². The molecule has 2 N–H and O–H groups in total. The smallest absolute Gasteiger partial charge is 0.328 e. The van der Waals surface area contributed by atoms with Crippen LogP contribution in [0.15, 0.2) is 79.0 Å². The highest BCUT2D eigenvalue weighted by Gasteiger charge is 2.17. The molecule has 6 nitrogen and oxygen atoms in total. The Balaban J connectivity index is 1.93. The van der Waals surface area contributed by atoms with Crippen LogP contribution < -0.4 is 0 Å². The number of aromatic amines is 1. The van der Waals surface area contributed by atoms with Crippen molar-refractivity contribution in [3.8, 4) is 22.3 Å². The molecular formula is C23H16N2O4. The number of nitrogens with zero attached hydrogens (tertiary/aromatic N) is 1. The predicted octanol–water partition coefficient (Wildman–Crippen LogP) is 5.51. The minimum Gasteiger partial charge on any atom is -0.478 e. The largest absolute Gasteiger partial charge is 0.478 e. The zero-order valence-corrected chi connectivity index (χ0v) is 15.2. The molecule has 3 aromatic carbocycles. The van der Waals surface area contributed by atoms with Crippen LogP contribution in [-0.2, 0) is 4.79 Å². The van der Waals surface area contributed by atoms with Crippen molar-refractivity contribution in [2.24, 2.45) is 0 Å². The van der Waals surface area contributed by atoms with Gasteiger partial charge in [-0.15, -0.1) is 0 Å². The fraction of sp³-hybridized carbons (Fsp3) is 0. The van der Waals surface area contributed by atoms with Gasteiger partial charge in [0.15, 0.2) is 0 Å². The van der Waals surface area contributed by atoms with Gasteiger partial charge in [-0.05, 0) is 46.4 Å². The van der Waals surface area contributed by atoms with Crippen molar-refractivity contribution in [3.05, 3.63) is 94.7 Å². The van der Waals surface area contributed by atoms with Crippen LogP contribution in [0.3, 0.4) is 0 Å². The van der Waals surface area contributed by atoms with E-state index in [0.717, 1.165) is 28.1 Å². The number of rotatable bonds is 5. The molecule has 0 aliphatic heterocycles. The SMILES string of the molecule is O=C(O)/C=C/c1cc(-c2cccc3cc[nH]c23)ccc1-c1ccccc1[N+](=O)[O-]. The monoisotopic (exact) mass is 384 g/mol. The van der Waals surface area contributed by atoms with Gasteiger partial charge in [-0.25, -0.2) is 4.79 Å². The number of nitro groups is 1. The third-order valence-electron chi connectivity index (χ3n) is 4.75. The van der Waals surface area contributed by atoms with Crippen molar-refractivity contribution in [1.82, 2.24) is 4.98 Å². The number of nitrogens with one attached hydrogen (secondary N) is 1. The van der Waals surface area contributed by atoms with Gasteiger partial charge < -0.3 is 10.1 Å². The number of carbonyl (C=O) groups is 1. The number of para-hydroxylation sites is 2. The summed E-state index contributed by atoms with van der Waals surface area (Å²) in [6, 6.07) is 19.9. The first-order chi connectivity index (χ1) is 14.0. The lowest BCUT2D eigenvalue weighted by atomic mass is 9.93. The highest BCUT2D eigenvalue weighted by Crippen LogP contribution is 2.36. The van der Waals surface area contributed by atoms with Crippen molar-refractivity contribution < 1.29 is 14.8 Å². The van der Waals surface area contributed by atoms with E-state index in [9.17, 15) is 14.9 Å². The van der Waals surface area contributed by atoms with Crippen LogP contribution in [-0.4, -0.2) is 21.0 Å². The number of H-pyrrole nitrogens is 1. The molecule has 0 saturated heterocycles. The molecule has 0 unspecified atom stereocenters. The van der Waals surface area contributed by atoms with Gasteiger partial charge in [0.05, 0.1) is 16.0 Å². The van der Waals surface area contributed by atoms with Crippen molar-refractivity contribution in [3.63, 3.8) is 0 Å². The van der Waals surface area contributed by atoms with Crippen molar-refractivity contribution >= 4 is 28.6 Å². The fourth-order valence-corrected chi connectivity index (χ4v) is 3.46.